The number of hydrogen-bond donors (Lipinski definition) is 1. The van der Waals surface area contributed by atoms with Crippen molar-refractivity contribution in [1.29, 1.82) is 0 Å². The maximum atomic E-state index is 12.6. The van der Waals surface area contributed by atoms with Crippen LogP contribution in [0.5, 0.6) is 5.75 Å². The van der Waals surface area contributed by atoms with Crippen molar-refractivity contribution < 1.29 is 13.9 Å². The van der Waals surface area contributed by atoms with Gasteiger partial charge in [-0.3, -0.25) is 4.79 Å². The summed E-state index contributed by atoms with van der Waals surface area (Å²) in [6.45, 7) is 6.77. The first kappa shape index (κ1) is 19.6. The van der Waals surface area contributed by atoms with Gasteiger partial charge in [-0.2, -0.15) is 4.98 Å². The molecule has 0 fully saturated rings. The smallest absolute Gasteiger partial charge is 0.255 e. The molecule has 4 rings (SSSR count). The van der Waals surface area contributed by atoms with Crippen molar-refractivity contribution in [3.8, 4) is 17.2 Å². The second kappa shape index (κ2) is 8.37. The summed E-state index contributed by atoms with van der Waals surface area (Å²) in [6.07, 6.45) is 1.68. The summed E-state index contributed by atoms with van der Waals surface area (Å²) in [5.74, 6) is 1.53. The van der Waals surface area contributed by atoms with Crippen molar-refractivity contribution in [3.05, 3.63) is 71.9 Å². The molecule has 0 saturated carbocycles. The lowest BCUT2D eigenvalue weighted by molar-refractivity contribution is 0.102. The molecule has 152 valence electrons. The molecule has 2 aromatic heterocycles. The van der Waals surface area contributed by atoms with E-state index in [4.69, 9.17) is 9.15 Å². The first-order valence-electron chi connectivity index (χ1n) is 9.86. The number of rotatable bonds is 6. The zero-order valence-corrected chi connectivity index (χ0v) is 17.2. The number of pyridine rings is 1. The molecule has 0 radical (unpaired) electrons. The highest BCUT2D eigenvalue weighted by atomic mass is 16.5. The van der Waals surface area contributed by atoms with E-state index >= 15 is 0 Å². The number of nitrogens with one attached hydrogen (secondary N) is 1. The van der Waals surface area contributed by atoms with Crippen LogP contribution in [-0.4, -0.2) is 22.5 Å². The van der Waals surface area contributed by atoms with Crippen LogP contribution in [0.2, 0.25) is 0 Å². The fourth-order valence-electron chi connectivity index (χ4n) is 2.99. The summed E-state index contributed by atoms with van der Waals surface area (Å²) in [4.78, 5) is 21.2. The molecule has 0 bridgehead atoms. The Morgan fingerprint density at radius 1 is 1.13 bits per heavy atom. The average molecular weight is 401 g/mol. The van der Waals surface area contributed by atoms with Gasteiger partial charge in [-0.05, 0) is 73.0 Å². The Morgan fingerprint density at radius 3 is 2.63 bits per heavy atom. The zero-order valence-electron chi connectivity index (χ0n) is 17.2. The monoisotopic (exact) mass is 401 g/mol. The Labute approximate surface area is 174 Å². The van der Waals surface area contributed by atoms with Crippen molar-refractivity contribution in [2.75, 3.05) is 11.9 Å². The third-order valence-corrected chi connectivity index (χ3v) is 4.59. The number of fused-ring (bicyclic) bond motifs is 1. The first-order chi connectivity index (χ1) is 14.5. The van der Waals surface area contributed by atoms with Crippen molar-refractivity contribution in [2.24, 2.45) is 5.92 Å². The highest BCUT2D eigenvalue weighted by Gasteiger charge is 2.12. The molecule has 6 heteroatoms. The third kappa shape index (κ3) is 4.33. The highest BCUT2D eigenvalue weighted by molar-refractivity contribution is 6.04. The van der Waals surface area contributed by atoms with Gasteiger partial charge in [-0.25, -0.2) is 4.98 Å². The Balaban J connectivity index is 1.47. The molecule has 1 amide bonds. The number of aryl methyl sites for hydroxylation is 1. The van der Waals surface area contributed by atoms with Crippen molar-refractivity contribution >= 4 is 22.8 Å². The van der Waals surface area contributed by atoms with Crippen LogP contribution in [0.4, 0.5) is 5.69 Å². The van der Waals surface area contributed by atoms with Crippen molar-refractivity contribution in [1.82, 2.24) is 9.97 Å². The van der Waals surface area contributed by atoms with Crippen LogP contribution in [0.3, 0.4) is 0 Å². The quantitative estimate of drug-likeness (QED) is 0.462. The summed E-state index contributed by atoms with van der Waals surface area (Å²) in [7, 11) is 0. The van der Waals surface area contributed by atoms with Gasteiger partial charge in [0.15, 0.2) is 11.2 Å². The minimum atomic E-state index is -0.174. The normalized spacial score (nSPS) is 11.1. The molecule has 4 aromatic rings. The van der Waals surface area contributed by atoms with E-state index in [9.17, 15) is 4.79 Å². The van der Waals surface area contributed by atoms with Crippen LogP contribution in [0.25, 0.3) is 22.7 Å². The lowest BCUT2D eigenvalue weighted by atomic mass is 10.1. The topological polar surface area (TPSA) is 77.3 Å². The Morgan fingerprint density at radius 2 is 1.93 bits per heavy atom. The van der Waals surface area contributed by atoms with Crippen LogP contribution < -0.4 is 10.1 Å². The lowest BCUT2D eigenvalue weighted by Crippen LogP contribution is -2.13. The maximum Gasteiger partial charge on any atom is 0.255 e. The summed E-state index contributed by atoms with van der Waals surface area (Å²) >= 11 is 0. The molecule has 0 saturated heterocycles. The zero-order chi connectivity index (χ0) is 21.1. The van der Waals surface area contributed by atoms with Gasteiger partial charge >= 0.3 is 0 Å². The largest absolute Gasteiger partial charge is 0.493 e. The SMILES string of the molecule is Cc1cc(-c2nc3ncccc3o2)ccc1NC(=O)c1ccc(OCC(C)C)cc1. The van der Waals surface area contributed by atoms with Crippen LogP contribution in [0, 0.1) is 12.8 Å². The summed E-state index contributed by atoms with van der Waals surface area (Å²) in [6, 6.07) is 16.5. The number of nitrogens with zero attached hydrogens (tertiary/aromatic N) is 2. The van der Waals surface area contributed by atoms with E-state index in [-0.39, 0.29) is 5.91 Å². The summed E-state index contributed by atoms with van der Waals surface area (Å²) in [5, 5.41) is 2.96. The van der Waals surface area contributed by atoms with Gasteiger partial charge in [0.1, 0.15) is 5.75 Å². The standard InChI is InChI=1S/C24H23N3O3/c1-15(2)14-29-19-9-6-17(7-10-19)23(28)26-20-11-8-18(13-16(20)3)24-27-22-21(30-24)5-4-12-25-22/h4-13,15H,14H2,1-3H3,(H,26,28). The minimum Gasteiger partial charge on any atom is -0.493 e. The molecule has 0 aliphatic carbocycles. The van der Waals surface area contributed by atoms with Gasteiger partial charge in [0.2, 0.25) is 5.89 Å². The fourth-order valence-corrected chi connectivity index (χ4v) is 2.99. The van der Waals surface area contributed by atoms with Gasteiger partial charge < -0.3 is 14.5 Å². The van der Waals surface area contributed by atoms with Crippen molar-refractivity contribution in [3.63, 3.8) is 0 Å². The molecule has 30 heavy (non-hydrogen) atoms. The number of carbonyl (C=O) groups excluding carboxylic acids is 1. The minimum absolute atomic E-state index is 0.174. The molecule has 0 spiro atoms. The molecule has 1 N–H and O–H groups in total. The predicted molar refractivity (Wildman–Crippen MR) is 117 cm³/mol. The predicted octanol–water partition coefficient (Wildman–Crippen LogP) is 5.49. The number of carbonyl (C=O) groups is 1. The summed E-state index contributed by atoms with van der Waals surface area (Å²) in [5.41, 5.74) is 4.26. The average Bonchev–Trinajstić information content (AvgIpc) is 3.18. The van der Waals surface area contributed by atoms with Gasteiger partial charge in [-0.1, -0.05) is 13.8 Å². The van der Waals surface area contributed by atoms with Gasteiger partial charge in [0.25, 0.3) is 5.91 Å². The van der Waals surface area contributed by atoms with Gasteiger partial charge in [-0.15, -0.1) is 0 Å². The Kier molecular flexibility index (Phi) is 5.48. The Bertz CT molecular complexity index is 1150. The number of benzene rings is 2. The molecule has 0 aliphatic rings. The fraction of sp³-hybridized carbons (Fsp3) is 0.208. The number of amides is 1. The van der Waals surface area contributed by atoms with E-state index in [1.165, 1.54) is 0 Å². The van der Waals surface area contributed by atoms with Crippen LogP contribution >= 0.6 is 0 Å². The summed E-state index contributed by atoms with van der Waals surface area (Å²) < 4.78 is 11.4. The van der Waals surface area contributed by atoms with Crippen LogP contribution in [0.15, 0.2) is 65.2 Å². The molecule has 0 atom stereocenters. The van der Waals surface area contributed by atoms with E-state index < -0.39 is 0 Å². The van der Waals surface area contributed by atoms with E-state index in [1.807, 2.05) is 49.4 Å². The van der Waals surface area contributed by atoms with E-state index in [2.05, 4.69) is 29.1 Å². The number of aromatic nitrogens is 2. The van der Waals surface area contributed by atoms with E-state index in [0.717, 1.165) is 22.6 Å². The number of hydrogen-bond acceptors (Lipinski definition) is 5. The molecule has 6 nitrogen and oxygen atoms in total. The molecule has 0 aliphatic heterocycles. The molecule has 0 unspecified atom stereocenters. The Hall–Kier alpha value is -3.67. The third-order valence-electron chi connectivity index (χ3n) is 4.59. The number of oxazole rings is 1. The first-order valence-corrected chi connectivity index (χ1v) is 9.86. The second-order valence-electron chi connectivity index (χ2n) is 7.56. The maximum absolute atomic E-state index is 12.6. The molecule has 2 aromatic carbocycles. The molecule has 2 heterocycles. The molecular weight excluding hydrogens is 378 g/mol. The second-order valence-corrected chi connectivity index (χ2v) is 7.56. The van der Waals surface area contributed by atoms with E-state index in [0.29, 0.717) is 35.2 Å². The number of ether oxygens (including phenoxy) is 1. The van der Waals surface area contributed by atoms with Crippen LogP contribution in [0.1, 0.15) is 29.8 Å². The van der Waals surface area contributed by atoms with Crippen molar-refractivity contribution in [2.45, 2.75) is 20.8 Å². The number of anilines is 1. The highest BCUT2D eigenvalue weighted by Crippen LogP contribution is 2.27. The lowest BCUT2D eigenvalue weighted by Gasteiger charge is -2.11. The molecular formula is C24H23N3O3. The van der Waals surface area contributed by atoms with Gasteiger partial charge in [0.05, 0.1) is 6.61 Å². The van der Waals surface area contributed by atoms with Gasteiger partial charge in [0, 0.05) is 23.0 Å². The van der Waals surface area contributed by atoms with E-state index in [1.54, 1.807) is 18.3 Å². The van der Waals surface area contributed by atoms with Crippen LogP contribution in [-0.2, 0) is 0 Å².